The molecule has 19 heavy (non-hydrogen) atoms. The van der Waals surface area contributed by atoms with Gasteiger partial charge in [-0.2, -0.15) is 0 Å². The molecule has 1 saturated heterocycles. The maximum Gasteiger partial charge on any atom is 0.211 e. The summed E-state index contributed by atoms with van der Waals surface area (Å²) in [6.07, 6.45) is 3.25. The van der Waals surface area contributed by atoms with Crippen LogP contribution in [0.5, 0.6) is 0 Å². The third-order valence-electron chi connectivity index (χ3n) is 3.57. The fourth-order valence-corrected chi connectivity index (χ4v) is 3.77. The van der Waals surface area contributed by atoms with E-state index in [0.717, 1.165) is 43.2 Å². The standard InChI is InChI=1S/C12H21N3O2S2/c1-10-13-11(9-18-10)7-15-6-4-5-12(8-15)14(2)19(3,16)17/h9,12H,4-8H2,1-3H3. The third kappa shape index (κ3) is 3.98. The van der Waals surface area contributed by atoms with E-state index in [9.17, 15) is 8.42 Å². The number of likely N-dealkylation sites (N-methyl/N-ethyl adjacent to an activating group) is 1. The minimum atomic E-state index is -3.10. The molecule has 0 radical (unpaired) electrons. The Bertz CT molecular complexity index is 527. The second-order valence-electron chi connectivity index (χ2n) is 5.17. The molecule has 2 heterocycles. The van der Waals surface area contributed by atoms with Crippen molar-refractivity contribution in [3.8, 4) is 0 Å². The van der Waals surface area contributed by atoms with Crippen molar-refractivity contribution in [2.45, 2.75) is 32.4 Å². The minimum absolute atomic E-state index is 0.0866. The predicted octanol–water partition coefficient (Wildman–Crippen LogP) is 1.31. The molecule has 0 amide bonds. The smallest absolute Gasteiger partial charge is 0.211 e. The van der Waals surface area contributed by atoms with E-state index in [1.165, 1.54) is 10.6 Å². The van der Waals surface area contributed by atoms with Gasteiger partial charge in [-0.15, -0.1) is 11.3 Å². The van der Waals surface area contributed by atoms with E-state index in [-0.39, 0.29) is 6.04 Å². The van der Waals surface area contributed by atoms with E-state index in [4.69, 9.17) is 0 Å². The van der Waals surface area contributed by atoms with Crippen LogP contribution in [0, 0.1) is 6.92 Å². The minimum Gasteiger partial charge on any atom is -0.296 e. The van der Waals surface area contributed by atoms with Gasteiger partial charge in [0.2, 0.25) is 10.0 Å². The number of piperidine rings is 1. The molecule has 1 aromatic heterocycles. The monoisotopic (exact) mass is 303 g/mol. The molecular weight excluding hydrogens is 282 g/mol. The van der Waals surface area contributed by atoms with Crippen LogP contribution in [0.3, 0.4) is 0 Å². The van der Waals surface area contributed by atoms with Gasteiger partial charge >= 0.3 is 0 Å². The number of hydrogen-bond acceptors (Lipinski definition) is 5. The molecule has 0 bridgehead atoms. The van der Waals surface area contributed by atoms with Gasteiger partial charge in [0.25, 0.3) is 0 Å². The molecule has 1 fully saturated rings. The predicted molar refractivity (Wildman–Crippen MR) is 77.8 cm³/mol. The molecule has 0 N–H and O–H groups in total. The summed E-state index contributed by atoms with van der Waals surface area (Å²) in [4.78, 5) is 6.76. The molecule has 0 spiro atoms. The number of likely N-dealkylation sites (tertiary alicyclic amines) is 1. The average Bonchev–Trinajstić information content (AvgIpc) is 2.73. The molecule has 1 aliphatic rings. The highest BCUT2D eigenvalue weighted by Crippen LogP contribution is 2.19. The van der Waals surface area contributed by atoms with Gasteiger partial charge in [0, 0.05) is 31.6 Å². The van der Waals surface area contributed by atoms with Crippen molar-refractivity contribution < 1.29 is 8.42 Å². The maximum absolute atomic E-state index is 11.6. The zero-order valence-electron chi connectivity index (χ0n) is 11.7. The van der Waals surface area contributed by atoms with Crippen molar-refractivity contribution in [2.75, 3.05) is 26.4 Å². The Labute approximate surface area is 119 Å². The summed E-state index contributed by atoms with van der Waals surface area (Å²) < 4.78 is 24.7. The van der Waals surface area contributed by atoms with Crippen LogP contribution >= 0.6 is 11.3 Å². The van der Waals surface area contributed by atoms with Gasteiger partial charge in [0.1, 0.15) is 0 Å². The SMILES string of the molecule is Cc1nc(CN2CCCC(N(C)S(C)(=O)=O)C2)cs1. The summed E-state index contributed by atoms with van der Waals surface area (Å²) in [7, 11) is -1.42. The lowest BCUT2D eigenvalue weighted by Gasteiger charge is -2.36. The molecule has 0 aliphatic carbocycles. The first-order valence-electron chi connectivity index (χ1n) is 6.42. The number of aromatic nitrogens is 1. The van der Waals surface area contributed by atoms with E-state index >= 15 is 0 Å². The largest absolute Gasteiger partial charge is 0.296 e. The Morgan fingerprint density at radius 2 is 2.32 bits per heavy atom. The van der Waals surface area contributed by atoms with Crippen LogP contribution < -0.4 is 0 Å². The molecule has 2 rings (SSSR count). The lowest BCUT2D eigenvalue weighted by Crippen LogP contribution is -2.47. The Hall–Kier alpha value is -0.500. The molecule has 1 atom stereocenters. The fourth-order valence-electron chi connectivity index (χ4n) is 2.45. The first-order valence-corrected chi connectivity index (χ1v) is 9.15. The van der Waals surface area contributed by atoms with E-state index in [1.54, 1.807) is 18.4 Å². The highest BCUT2D eigenvalue weighted by atomic mass is 32.2. The van der Waals surface area contributed by atoms with Crippen molar-refractivity contribution in [3.63, 3.8) is 0 Å². The third-order valence-corrected chi connectivity index (χ3v) is 5.74. The van der Waals surface area contributed by atoms with Crippen molar-refractivity contribution in [1.29, 1.82) is 0 Å². The summed E-state index contributed by atoms with van der Waals surface area (Å²) in [6, 6.07) is 0.0866. The van der Waals surface area contributed by atoms with Gasteiger partial charge in [-0.25, -0.2) is 17.7 Å². The van der Waals surface area contributed by atoms with E-state index in [0.29, 0.717) is 0 Å². The highest BCUT2D eigenvalue weighted by Gasteiger charge is 2.28. The van der Waals surface area contributed by atoms with Crippen LogP contribution in [0.1, 0.15) is 23.5 Å². The zero-order chi connectivity index (χ0) is 14.0. The van der Waals surface area contributed by atoms with Gasteiger partial charge in [-0.1, -0.05) is 0 Å². The molecule has 5 nitrogen and oxygen atoms in total. The molecule has 1 aromatic rings. The number of rotatable bonds is 4. The fraction of sp³-hybridized carbons (Fsp3) is 0.750. The van der Waals surface area contributed by atoms with E-state index in [2.05, 4.69) is 15.3 Å². The van der Waals surface area contributed by atoms with Crippen molar-refractivity contribution >= 4 is 21.4 Å². The lowest BCUT2D eigenvalue weighted by molar-refractivity contribution is 0.152. The molecule has 108 valence electrons. The van der Waals surface area contributed by atoms with Crippen LogP contribution in [0.2, 0.25) is 0 Å². The van der Waals surface area contributed by atoms with Crippen molar-refractivity contribution in [3.05, 3.63) is 16.1 Å². The number of thiazole rings is 1. The highest BCUT2D eigenvalue weighted by molar-refractivity contribution is 7.88. The Morgan fingerprint density at radius 1 is 1.58 bits per heavy atom. The number of hydrogen-bond donors (Lipinski definition) is 0. The van der Waals surface area contributed by atoms with E-state index in [1.807, 2.05) is 6.92 Å². The van der Waals surface area contributed by atoms with Crippen LogP contribution in [0.25, 0.3) is 0 Å². The number of aryl methyl sites for hydroxylation is 1. The summed E-state index contributed by atoms with van der Waals surface area (Å²) in [5.74, 6) is 0. The molecular formula is C12H21N3O2S2. The summed E-state index contributed by atoms with van der Waals surface area (Å²) >= 11 is 1.66. The number of nitrogens with zero attached hydrogens (tertiary/aromatic N) is 3. The van der Waals surface area contributed by atoms with Gasteiger partial charge in [-0.05, 0) is 26.3 Å². The van der Waals surface area contributed by atoms with Crippen LogP contribution in [0.4, 0.5) is 0 Å². The van der Waals surface area contributed by atoms with Crippen molar-refractivity contribution in [1.82, 2.24) is 14.2 Å². The second-order valence-corrected chi connectivity index (χ2v) is 8.27. The molecule has 0 aromatic carbocycles. The van der Waals surface area contributed by atoms with Gasteiger partial charge in [0.15, 0.2) is 0 Å². The molecule has 1 aliphatic heterocycles. The zero-order valence-corrected chi connectivity index (χ0v) is 13.3. The van der Waals surface area contributed by atoms with Crippen LogP contribution in [-0.4, -0.2) is 55.0 Å². The second kappa shape index (κ2) is 5.87. The Balaban J connectivity index is 1.97. The first kappa shape index (κ1) is 14.9. The summed E-state index contributed by atoms with van der Waals surface area (Å²) in [5, 5.41) is 3.16. The Morgan fingerprint density at radius 3 is 2.89 bits per heavy atom. The lowest BCUT2D eigenvalue weighted by atomic mass is 10.1. The van der Waals surface area contributed by atoms with Gasteiger partial charge < -0.3 is 0 Å². The van der Waals surface area contributed by atoms with Gasteiger partial charge in [-0.3, -0.25) is 4.90 Å². The van der Waals surface area contributed by atoms with Crippen molar-refractivity contribution in [2.24, 2.45) is 0 Å². The topological polar surface area (TPSA) is 53.5 Å². The van der Waals surface area contributed by atoms with Gasteiger partial charge in [0.05, 0.1) is 17.0 Å². The number of sulfonamides is 1. The Kier molecular flexibility index (Phi) is 4.60. The van der Waals surface area contributed by atoms with E-state index < -0.39 is 10.0 Å². The van der Waals surface area contributed by atoms with Crippen LogP contribution in [-0.2, 0) is 16.6 Å². The normalized spacial score (nSPS) is 22.0. The molecule has 1 unspecified atom stereocenters. The van der Waals surface area contributed by atoms with Crippen LogP contribution in [0.15, 0.2) is 5.38 Å². The quantitative estimate of drug-likeness (QED) is 0.841. The maximum atomic E-state index is 11.6. The summed E-state index contributed by atoms with van der Waals surface area (Å²) in [5.41, 5.74) is 1.09. The molecule has 0 saturated carbocycles. The summed E-state index contributed by atoms with van der Waals surface area (Å²) in [6.45, 7) is 4.63. The molecule has 7 heteroatoms. The first-order chi connectivity index (χ1) is 8.86. The average molecular weight is 303 g/mol.